The third-order valence-electron chi connectivity index (χ3n) is 4.80. The number of benzene rings is 2. The molecule has 0 N–H and O–H groups in total. The number of ether oxygens (including phenoxy) is 1. The summed E-state index contributed by atoms with van der Waals surface area (Å²) >= 11 is 0. The summed E-state index contributed by atoms with van der Waals surface area (Å²) in [6.45, 7) is 3.65. The largest absolute Gasteiger partial charge is 0.490 e. The summed E-state index contributed by atoms with van der Waals surface area (Å²) in [4.78, 5) is 2.64. The second-order valence-corrected chi connectivity index (χ2v) is 8.34. The van der Waals surface area contributed by atoms with Gasteiger partial charge in [-0.15, -0.1) is 0 Å². The predicted molar refractivity (Wildman–Crippen MR) is 102 cm³/mol. The number of aromatic nitrogens is 1. The molecule has 136 valence electrons. The molecule has 0 atom stereocenters. The molecule has 0 spiro atoms. The summed E-state index contributed by atoms with van der Waals surface area (Å²) in [5, 5.41) is 0.850. The van der Waals surface area contributed by atoms with Crippen LogP contribution in [0.4, 0.5) is 0 Å². The van der Waals surface area contributed by atoms with E-state index < -0.39 is 10.0 Å². The summed E-state index contributed by atoms with van der Waals surface area (Å²) in [5.74, 6) is 0.603. The first-order valence-electron chi connectivity index (χ1n) is 8.92. The van der Waals surface area contributed by atoms with Crippen LogP contribution in [0.3, 0.4) is 0 Å². The van der Waals surface area contributed by atoms with E-state index in [-0.39, 0.29) is 4.90 Å². The number of fused-ring (bicyclic) bond motifs is 1. The Morgan fingerprint density at radius 1 is 0.923 bits per heavy atom. The highest BCUT2D eigenvalue weighted by Crippen LogP contribution is 2.30. The molecule has 26 heavy (non-hydrogen) atoms. The van der Waals surface area contributed by atoms with Crippen molar-refractivity contribution >= 4 is 20.9 Å². The summed E-state index contributed by atoms with van der Waals surface area (Å²) in [7, 11) is -3.66. The predicted octanol–water partition coefficient (Wildman–Crippen LogP) is 3.35. The Balaban J connectivity index is 1.66. The van der Waals surface area contributed by atoms with Gasteiger partial charge < -0.3 is 4.74 Å². The summed E-state index contributed by atoms with van der Waals surface area (Å²) in [6.07, 6.45) is 4.09. The van der Waals surface area contributed by atoms with E-state index >= 15 is 0 Å². The maximum Gasteiger partial charge on any atom is 0.268 e. The third kappa shape index (κ3) is 3.22. The number of likely N-dealkylation sites (tertiary alicyclic amines) is 1. The summed E-state index contributed by atoms with van der Waals surface area (Å²) in [5.41, 5.74) is 0.595. The molecule has 5 nitrogen and oxygen atoms in total. The van der Waals surface area contributed by atoms with Crippen molar-refractivity contribution in [1.29, 1.82) is 0 Å². The van der Waals surface area contributed by atoms with Gasteiger partial charge >= 0.3 is 0 Å². The van der Waals surface area contributed by atoms with Crippen molar-refractivity contribution in [3.63, 3.8) is 0 Å². The lowest BCUT2D eigenvalue weighted by molar-refractivity contribution is 0.239. The van der Waals surface area contributed by atoms with Crippen LogP contribution in [0.1, 0.15) is 12.8 Å². The fourth-order valence-corrected chi connectivity index (χ4v) is 4.83. The quantitative estimate of drug-likeness (QED) is 0.668. The Morgan fingerprint density at radius 3 is 2.46 bits per heavy atom. The topological polar surface area (TPSA) is 51.5 Å². The average molecular weight is 370 g/mol. The molecule has 0 saturated carbocycles. The minimum absolute atomic E-state index is 0.268. The van der Waals surface area contributed by atoms with Gasteiger partial charge in [-0.25, -0.2) is 12.4 Å². The first-order valence-corrected chi connectivity index (χ1v) is 10.4. The average Bonchev–Trinajstić information content (AvgIpc) is 3.32. The first kappa shape index (κ1) is 17.1. The van der Waals surface area contributed by atoms with Crippen LogP contribution in [0.5, 0.6) is 5.75 Å². The van der Waals surface area contributed by atoms with Crippen molar-refractivity contribution in [2.45, 2.75) is 17.7 Å². The van der Waals surface area contributed by atoms with Gasteiger partial charge in [0.1, 0.15) is 17.9 Å². The Labute approximate surface area is 153 Å². The molecule has 1 aliphatic rings. The van der Waals surface area contributed by atoms with Crippen molar-refractivity contribution in [2.75, 3.05) is 26.2 Å². The molecule has 0 bridgehead atoms. The normalized spacial score (nSPS) is 15.5. The smallest absolute Gasteiger partial charge is 0.268 e. The lowest BCUT2D eigenvalue weighted by atomic mass is 10.2. The molecule has 1 aliphatic heterocycles. The number of nitrogens with zero attached hydrogens (tertiary/aromatic N) is 2. The lowest BCUT2D eigenvalue weighted by Crippen LogP contribution is -2.25. The van der Waals surface area contributed by atoms with E-state index in [0.717, 1.165) is 25.0 Å². The molecule has 6 heteroatoms. The number of hydrogen-bond donors (Lipinski definition) is 0. The molecule has 2 heterocycles. The third-order valence-corrected chi connectivity index (χ3v) is 6.49. The van der Waals surface area contributed by atoms with Crippen molar-refractivity contribution in [3.05, 3.63) is 60.8 Å². The zero-order valence-corrected chi connectivity index (χ0v) is 15.4. The van der Waals surface area contributed by atoms with Gasteiger partial charge in [0.05, 0.1) is 4.90 Å². The fourth-order valence-electron chi connectivity index (χ4n) is 3.45. The highest BCUT2D eigenvalue weighted by atomic mass is 32.2. The highest BCUT2D eigenvalue weighted by Gasteiger charge is 2.21. The zero-order valence-electron chi connectivity index (χ0n) is 14.5. The van der Waals surface area contributed by atoms with Crippen LogP contribution in [-0.4, -0.2) is 43.5 Å². The van der Waals surface area contributed by atoms with Gasteiger partial charge in [0, 0.05) is 18.1 Å². The summed E-state index contributed by atoms with van der Waals surface area (Å²) in [6, 6.07) is 15.9. The van der Waals surface area contributed by atoms with Crippen LogP contribution in [-0.2, 0) is 10.0 Å². The molecule has 2 aromatic carbocycles. The van der Waals surface area contributed by atoms with Gasteiger partial charge in [-0.05, 0) is 50.2 Å². The van der Waals surface area contributed by atoms with Crippen molar-refractivity contribution in [1.82, 2.24) is 8.87 Å². The molecule has 1 saturated heterocycles. The van der Waals surface area contributed by atoms with Gasteiger partial charge in [0.25, 0.3) is 10.0 Å². The molecule has 0 unspecified atom stereocenters. The van der Waals surface area contributed by atoms with Crippen LogP contribution in [0.25, 0.3) is 10.9 Å². The second-order valence-electron chi connectivity index (χ2n) is 6.52. The van der Waals surface area contributed by atoms with Crippen molar-refractivity contribution in [2.24, 2.45) is 0 Å². The van der Waals surface area contributed by atoms with E-state index in [0.29, 0.717) is 17.9 Å². The van der Waals surface area contributed by atoms with Crippen molar-refractivity contribution in [3.8, 4) is 5.75 Å². The number of para-hydroxylation sites is 1. The van der Waals surface area contributed by atoms with Crippen LogP contribution in [0, 0.1) is 0 Å². The number of hydrogen-bond acceptors (Lipinski definition) is 4. The van der Waals surface area contributed by atoms with E-state index in [4.69, 9.17) is 4.74 Å². The maximum atomic E-state index is 13.0. The Bertz CT molecular complexity index is 990. The standard InChI is InChI=1S/C20H22N2O3S/c23-26(24,18-8-2-1-3-9-18)22-14-11-17-7-6-10-19(20(17)22)25-16-15-21-12-4-5-13-21/h1-3,6-11,14H,4-5,12-13,15-16H2. The highest BCUT2D eigenvalue weighted by molar-refractivity contribution is 7.90. The molecular formula is C20H22N2O3S. The van der Waals surface area contributed by atoms with E-state index in [1.807, 2.05) is 24.3 Å². The fraction of sp³-hybridized carbons (Fsp3) is 0.300. The van der Waals surface area contributed by atoms with E-state index in [1.54, 1.807) is 36.5 Å². The van der Waals surface area contributed by atoms with Gasteiger partial charge in [-0.2, -0.15) is 0 Å². The first-order chi connectivity index (χ1) is 12.7. The van der Waals surface area contributed by atoms with Gasteiger partial charge in [-0.1, -0.05) is 30.3 Å². The molecule has 0 aliphatic carbocycles. The second kappa shape index (κ2) is 7.13. The molecular weight excluding hydrogens is 348 g/mol. The van der Waals surface area contributed by atoms with E-state index in [1.165, 1.54) is 16.8 Å². The Kier molecular flexibility index (Phi) is 4.70. The van der Waals surface area contributed by atoms with Gasteiger partial charge in [-0.3, -0.25) is 4.90 Å². The lowest BCUT2D eigenvalue weighted by Gasteiger charge is -2.16. The minimum atomic E-state index is -3.66. The molecule has 0 radical (unpaired) electrons. The summed E-state index contributed by atoms with van der Waals surface area (Å²) < 4.78 is 33.4. The van der Waals surface area contributed by atoms with Crippen LogP contribution < -0.4 is 4.74 Å². The number of rotatable bonds is 6. The van der Waals surface area contributed by atoms with Crippen LogP contribution in [0.2, 0.25) is 0 Å². The van der Waals surface area contributed by atoms with E-state index in [9.17, 15) is 8.42 Å². The molecule has 1 aromatic heterocycles. The van der Waals surface area contributed by atoms with Gasteiger partial charge in [0.15, 0.2) is 0 Å². The van der Waals surface area contributed by atoms with Crippen molar-refractivity contribution < 1.29 is 13.2 Å². The zero-order chi connectivity index (χ0) is 18.0. The SMILES string of the molecule is O=S(=O)(c1ccccc1)n1ccc2cccc(OCCN3CCCC3)c21. The maximum absolute atomic E-state index is 13.0. The van der Waals surface area contributed by atoms with E-state index in [2.05, 4.69) is 4.90 Å². The van der Waals surface area contributed by atoms with Gasteiger partial charge in [0.2, 0.25) is 0 Å². The molecule has 4 rings (SSSR count). The molecule has 1 fully saturated rings. The monoisotopic (exact) mass is 370 g/mol. The Morgan fingerprint density at radius 2 is 1.69 bits per heavy atom. The van der Waals surface area contributed by atoms with Crippen LogP contribution in [0.15, 0.2) is 65.7 Å². The molecule has 3 aromatic rings. The molecule has 0 amide bonds. The minimum Gasteiger partial charge on any atom is -0.490 e. The van der Waals surface area contributed by atoms with Crippen LogP contribution >= 0.6 is 0 Å². The Hall–Kier alpha value is -2.31.